The Morgan fingerprint density at radius 1 is 1.27 bits per heavy atom. The lowest BCUT2D eigenvalue weighted by Gasteiger charge is -2.37. The molecule has 0 bridgehead atoms. The van der Waals surface area contributed by atoms with Gasteiger partial charge >= 0.3 is 0 Å². The molecule has 22 heavy (non-hydrogen) atoms. The molecule has 3 rings (SSSR count). The van der Waals surface area contributed by atoms with Crippen LogP contribution >= 0.6 is 0 Å². The van der Waals surface area contributed by atoms with Crippen molar-refractivity contribution in [3.63, 3.8) is 0 Å². The number of carbonyl (C=O) groups excluding carboxylic acids is 2. The highest BCUT2D eigenvalue weighted by Gasteiger charge is 2.41. The summed E-state index contributed by atoms with van der Waals surface area (Å²) < 4.78 is 13.3. The van der Waals surface area contributed by atoms with E-state index in [1.54, 1.807) is 21.9 Å². The first kappa shape index (κ1) is 15.0. The molecule has 2 amide bonds. The number of nitrogens with zero attached hydrogens (tertiary/aromatic N) is 2. The van der Waals surface area contributed by atoms with Crippen LogP contribution in [0.1, 0.15) is 23.2 Å². The summed E-state index contributed by atoms with van der Waals surface area (Å²) >= 11 is 0. The van der Waals surface area contributed by atoms with E-state index in [0.29, 0.717) is 31.6 Å². The molecule has 2 aliphatic heterocycles. The van der Waals surface area contributed by atoms with E-state index in [1.165, 1.54) is 12.1 Å². The molecule has 0 aromatic heterocycles. The summed E-state index contributed by atoms with van der Waals surface area (Å²) in [5, 5.41) is 8.95. The molecule has 2 unspecified atom stereocenters. The van der Waals surface area contributed by atoms with Gasteiger partial charge in [-0.05, 0) is 37.0 Å². The number of benzene rings is 1. The zero-order valence-electron chi connectivity index (χ0n) is 12.2. The summed E-state index contributed by atoms with van der Waals surface area (Å²) in [5.74, 6) is -0.575. The van der Waals surface area contributed by atoms with E-state index in [9.17, 15) is 14.0 Å². The van der Waals surface area contributed by atoms with E-state index in [2.05, 4.69) is 0 Å². The smallest absolute Gasteiger partial charge is 0.254 e. The molecule has 118 valence electrons. The number of fused-ring (bicyclic) bond motifs is 1. The number of amides is 2. The monoisotopic (exact) mass is 306 g/mol. The normalized spacial score (nSPS) is 24.3. The van der Waals surface area contributed by atoms with Crippen molar-refractivity contribution in [2.24, 2.45) is 5.92 Å². The van der Waals surface area contributed by atoms with E-state index in [-0.39, 0.29) is 23.8 Å². The number of hydrogen-bond acceptors (Lipinski definition) is 3. The maximum absolute atomic E-state index is 13.3. The summed E-state index contributed by atoms with van der Waals surface area (Å²) in [7, 11) is 0. The number of carbonyl (C=O) groups is 2. The fourth-order valence-electron chi connectivity index (χ4n) is 3.55. The quantitative estimate of drug-likeness (QED) is 0.882. The molecule has 0 aliphatic carbocycles. The number of likely N-dealkylation sites (tertiary alicyclic amines) is 2. The van der Waals surface area contributed by atoms with Crippen LogP contribution in [-0.2, 0) is 4.79 Å². The minimum absolute atomic E-state index is 0.0958. The van der Waals surface area contributed by atoms with Crippen molar-refractivity contribution in [3.05, 3.63) is 35.6 Å². The lowest BCUT2D eigenvalue weighted by Crippen LogP contribution is -2.49. The van der Waals surface area contributed by atoms with Crippen LogP contribution in [0.15, 0.2) is 24.3 Å². The maximum Gasteiger partial charge on any atom is 0.254 e. The van der Waals surface area contributed by atoms with Gasteiger partial charge in [-0.1, -0.05) is 6.07 Å². The second-order valence-electron chi connectivity index (χ2n) is 5.91. The first-order valence-corrected chi connectivity index (χ1v) is 7.55. The van der Waals surface area contributed by atoms with Crippen molar-refractivity contribution in [1.29, 1.82) is 0 Å². The first-order valence-electron chi connectivity index (χ1n) is 7.55. The van der Waals surface area contributed by atoms with Crippen LogP contribution in [0.5, 0.6) is 0 Å². The van der Waals surface area contributed by atoms with Crippen LogP contribution in [0.4, 0.5) is 4.39 Å². The number of aliphatic hydroxyl groups excluding tert-OH is 1. The molecule has 6 heteroatoms. The Morgan fingerprint density at radius 2 is 2.09 bits per heavy atom. The van der Waals surface area contributed by atoms with Gasteiger partial charge in [0.1, 0.15) is 12.4 Å². The SMILES string of the molecule is O=C(CO)N1CCC2C(CCN2C(=O)c2cccc(F)c2)C1. The largest absolute Gasteiger partial charge is 0.387 e. The molecule has 1 N–H and O–H groups in total. The minimum atomic E-state index is -0.469. The third kappa shape index (κ3) is 2.70. The molecular formula is C16H19FN2O3. The lowest BCUT2D eigenvalue weighted by molar-refractivity contribution is -0.136. The van der Waals surface area contributed by atoms with Crippen molar-refractivity contribution in [2.75, 3.05) is 26.2 Å². The zero-order chi connectivity index (χ0) is 15.7. The van der Waals surface area contributed by atoms with Gasteiger partial charge in [-0.2, -0.15) is 0 Å². The van der Waals surface area contributed by atoms with Gasteiger partial charge in [-0.3, -0.25) is 9.59 Å². The second kappa shape index (κ2) is 6.04. The molecule has 2 fully saturated rings. The molecule has 0 spiro atoms. The van der Waals surface area contributed by atoms with E-state index in [4.69, 9.17) is 5.11 Å². The lowest BCUT2D eigenvalue weighted by atomic mass is 9.92. The molecule has 2 heterocycles. The van der Waals surface area contributed by atoms with Crippen molar-refractivity contribution < 1.29 is 19.1 Å². The number of piperidine rings is 1. The highest BCUT2D eigenvalue weighted by Crippen LogP contribution is 2.32. The Hall–Kier alpha value is -1.95. The van der Waals surface area contributed by atoms with Gasteiger partial charge in [0.25, 0.3) is 5.91 Å². The fourth-order valence-corrected chi connectivity index (χ4v) is 3.55. The van der Waals surface area contributed by atoms with Crippen molar-refractivity contribution >= 4 is 11.8 Å². The van der Waals surface area contributed by atoms with Gasteiger partial charge in [0, 0.05) is 31.2 Å². The Labute approximate surface area is 128 Å². The van der Waals surface area contributed by atoms with E-state index in [1.807, 2.05) is 0 Å². The van der Waals surface area contributed by atoms with Crippen molar-refractivity contribution in [3.8, 4) is 0 Å². The van der Waals surface area contributed by atoms with Crippen LogP contribution in [0.2, 0.25) is 0 Å². The molecule has 0 saturated carbocycles. The standard InChI is InChI=1S/C16H19FN2O3/c17-13-3-1-2-11(8-13)16(22)19-7-4-12-9-18(15(21)10-20)6-5-14(12)19/h1-3,8,12,14,20H,4-7,9-10H2. The Morgan fingerprint density at radius 3 is 2.82 bits per heavy atom. The summed E-state index contributed by atoms with van der Waals surface area (Å²) in [6.45, 7) is 1.29. The average molecular weight is 306 g/mol. The predicted octanol–water partition coefficient (Wildman–Crippen LogP) is 0.881. The van der Waals surface area contributed by atoms with Gasteiger partial charge in [-0.15, -0.1) is 0 Å². The van der Waals surface area contributed by atoms with E-state index >= 15 is 0 Å². The zero-order valence-corrected chi connectivity index (χ0v) is 12.2. The number of aliphatic hydroxyl groups is 1. The Bertz CT molecular complexity index is 593. The van der Waals surface area contributed by atoms with Gasteiger partial charge in [0.15, 0.2) is 0 Å². The molecule has 1 aromatic rings. The average Bonchev–Trinajstić information content (AvgIpc) is 2.96. The summed E-state index contributed by atoms with van der Waals surface area (Å²) in [4.78, 5) is 27.6. The third-order valence-corrected chi connectivity index (χ3v) is 4.66. The summed E-state index contributed by atoms with van der Waals surface area (Å²) in [5.41, 5.74) is 0.370. The minimum Gasteiger partial charge on any atom is -0.387 e. The number of rotatable bonds is 2. The second-order valence-corrected chi connectivity index (χ2v) is 5.91. The van der Waals surface area contributed by atoms with E-state index in [0.717, 1.165) is 6.42 Å². The topological polar surface area (TPSA) is 60.9 Å². The van der Waals surface area contributed by atoms with Crippen LogP contribution in [0.25, 0.3) is 0 Å². The highest BCUT2D eigenvalue weighted by atomic mass is 19.1. The predicted molar refractivity (Wildman–Crippen MR) is 77.6 cm³/mol. The molecule has 2 aliphatic rings. The van der Waals surface area contributed by atoms with Gasteiger partial charge < -0.3 is 14.9 Å². The Kier molecular flexibility index (Phi) is 4.11. The van der Waals surface area contributed by atoms with Crippen LogP contribution in [0.3, 0.4) is 0 Å². The summed E-state index contributed by atoms with van der Waals surface area (Å²) in [6.07, 6.45) is 1.54. The summed E-state index contributed by atoms with van der Waals surface area (Å²) in [6, 6.07) is 5.85. The molecule has 0 radical (unpaired) electrons. The highest BCUT2D eigenvalue weighted by molar-refractivity contribution is 5.94. The van der Waals surface area contributed by atoms with Crippen LogP contribution in [-0.4, -0.2) is 59.0 Å². The maximum atomic E-state index is 13.3. The molecule has 1 aromatic carbocycles. The molecular weight excluding hydrogens is 287 g/mol. The molecule has 2 saturated heterocycles. The van der Waals surface area contributed by atoms with Crippen LogP contribution < -0.4 is 0 Å². The molecule has 5 nitrogen and oxygen atoms in total. The van der Waals surface area contributed by atoms with Crippen LogP contribution in [0, 0.1) is 11.7 Å². The first-order chi connectivity index (χ1) is 10.6. The van der Waals surface area contributed by atoms with E-state index < -0.39 is 12.4 Å². The number of hydrogen-bond donors (Lipinski definition) is 1. The van der Waals surface area contributed by atoms with Gasteiger partial charge in [-0.25, -0.2) is 4.39 Å². The number of halogens is 1. The third-order valence-electron chi connectivity index (χ3n) is 4.66. The van der Waals surface area contributed by atoms with Crippen molar-refractivity contribution in [1.82, 2.24) is 9.80 Å². The van der Waals surface area contributed by atoms with Gasteiger partial charge in [0.05, 0.1) is 0 Å². The Balaban J connectivity index is 1.71. The van der Waals surface area contributed by atoms with Gasteiger partial charge in [0.2, 0.25) is 5.91 Å². The fraction of sp³-hybridized carbons (Fsp3) is 0.500. The molecule has 2 atom stereocenters. The van der Waals surface area contributed by atoms with Crippen molar-refractivity contribution in [2.45, 2.75) is 18.9 Å².